The summed E-state index contributed by atoms with van der Waals surface area (Å²) in [5.41, 5.74) is 1.46. The lowest BCUT2D eigenvalue weighted by Crippen LogP contribution is -2.58. The van der Waals surface area contributed by atoms with Gasteiger partial charge in [0.2, 0.25) is 11.8 Å². The minimum atomic E-state index is -0.936. The van der Waals surface area contributed by atoms with Gasteiger partial charge in [0, 0.05) is 25.0 Å². The topological polar surface area (TPSA) is 129 Å². The van der Waals surface area contributed by atoms with Gasteiger partial charge >= 0.3 is 6.09 Å². The lowest BCUT2D eigenvalue weighted by atomic mass is 9.85. The van der Waals surface area contributed by atoms with Crippen molar-refractivity contribution in [2.75, 3.05) is 27.4 Å². The first-order valence-corrected chi connectivity index (χ1v) is 17.6. The van der Waals surface area contributed by atoms with E-state index in [-0.39, 0.29) is 42.8 Å². The fourth-order valence-electron chi connectivity index (χ4n) is 7.69. The van der Waals surface area contributed by atoms with Crippen LogP contribution in [0.5, 0.6) is 11.6 Å². The molecule has 1 aliphatic carbocycles. The average Bonchev–Trinajstić information content (AvgIpc) is 3.56. The van der Waals surface area contributed by atoms with Crippen LogP contribution in [0.1, 0.15) is 85.8 Å². The van der Waals surface area contributed by atoms with Crippen molar-refractivity contribution in [1.82, 2.24) is 20.2 Å². The van der Waals surface area contributed by atoms with E-state index in [1.165, 1.54) is 0 Å². The summed E-state index contributed by atoms with van der Waals surface area (Å²) >= 11 is 0. The number of ketones is 1. The molecule has 1 saturated heterocycles. The van der Waals surface area contributed by atoms with Crippen LogP contribution in [0, 0.1) is 29.1 Å². The Hall–Kier alpha value is -3.47. The van der Waals surface area contributed by atoms with E-state index in [0.717, 1.165) is 49.7 Å². The molecule has 0 spiro atoms. The van der Waals surface area contributed by atoms with Crippen molar-refractivity contribution >= 4 is 28.8 Å². The number of hydrogen-bond acceptors (Lipinski definition) is 9. The Morgan fingerprint density at radius 1 is 1.04 bits per heavy atom. The van der Waals surface area contributed by atoms with Crippen LogP contribution >= 0.6 is 0 Å². The largest absolute Gasteiger partial charge is 0.497 e. The predicted molar refractivity (Wildman–Crippen MR) is 182 cm³/mol. The number of carbonyl (C=O) groups excluding carboxylic acids is 3. The van der Waals surface area contributed by atoms with Gasteiger partial charge in [0.15, 0.2) is 5.78 Å². The average molecular weight is 667 g/mol. The van der Waals surface area contributed by atoms with Crippen LogP contribution in [0.15, 0.2) is 18.2 Å². The van der Waals surface area contributed by atoms with Crippen LogP contribution in [0.25, 0.3) is 11.0 Å². The number of carbonyl (C=O) groups is 3. The minimum Gasteiger partial charge on any atom is -0.497 e. The molecule has 2 aliphatic heterocycles. The number of rotatable bonds is 5. The highest BCUT2D eigenvalue weighted by atomic mass is 16.6. The molecule has 5 rings (SSSR count). The maximum Gasteiger partial charge on any atom is 0.408 e. The van der Waals surface area contributed by atoms with Gasteiger partial charge in [0.05, 0.1) is 37.3 Å². The van der Waals surface area contributed by atoms with Gasteiger partial charge in [-0.1, -0.05) is 54.4 Å². The van der Waals surface area contributed by atoms with Crippen LogP contribution < -0.4 is 14.8 Å². The molecule has 7 unspecified atom stereocenters. The highest BCUT2D eigenvalue weighted by molar-refractivity contribution is 5.94. The molecule has 1 aromatic heterocycles. The maximum atomic E-state index is 14.6. The zero-order valence-electron chi connectivity index (χ0n) is 29.9. The number of alkyl carbamates (subject to hydrolysis) is 1. The van der Waals surface area contributed by atoms with Crippen LogP contribution in [-0.4, -0.2) is 84.3 Å². The summed E-state index contributed by atoms with van der Waals surface area (Å²) in [6.45, 7) is 11.9. The predicted octanol–water partition coefficient (Wildman–Crippen LogP) is 5.76. The molecule has 11 nitrogen and oxygen atoms in total. The van der Waals surface area contributed by atoms with E-state index < -0.39 is 35.6 Å². The van der Waals surface area contributed by atoms with E-state index in [1.54, 1.807) is 19.1 Å². The second-order valence-electron chi connectivity index (χ2n) is 15.4. The van der Waals surface area contributed by atoms with Crippen molar-refractivity contribution in [3.63, 3.8) is 0 Å². The number of methoxy groups -OCH3 is 2. The highest BCUT2D eigenvalue weighted by Crippen LogP contribution is 2.38. The SMILES string of the molecule is COCC1C2CN(C(=O)C(C(C)(C)C)NC(=O)OC3CC(C)CC3CCCCCc3nc4ccc(OC)cc4nc3O2)C1C(=O)C(C)C. The zero-order valence-corrected chi connectivity index (χ0v) is 29.9. The van der Waals surface area contributed by atoms with Gasteiger partial charge in [-0.2, -0.15) is 0 Å². The summed E-state index contributed by atoms with van der Waals surface area (Å²) < 4.78 is 23.9. The summed E-state index contributed by atoms with van der Waals surface area (Å²) in [7, 11) is 3.19. The molecule has 2 aromatic rings. The van der Waals surface area contributed by atoms with Crippen molar-refractivity contribution < 1.29 is 33.3 Å². The van der Waals surface area contributed by atoms with E-state index in [4.69, 9.17) is 28.9 Å². The fourth-order valence-corrected chi connectivity index (χ4v) is 7.69. The molecule has 1 N–H and O–H groups in total. The summed E-state index contributed by atoms with van der Waals surface area (Å²) in [6.07, 6.45) is 4.92. The molecule has 48 heavy (non-hydrogen) atoms. The molecule has 0 radical (unpaired) electrons. The van der Waals surface area contributed by atoms with Crippen molar-refractivity contribution in [3.05, 3.63) is 23.9 Å². The van der Waals surface area contributed by atoms with E-state index in [1.807, 2.05) is 52.8 Å². The number of amides is 2. The van der Waals surface area contributed by atoms with E-state index in [2.05, 4.69) is 12.2 Å². The number of aryl methyl sites for hydroxylation is 1. The van der Waals surface area contributed by atoms with E-state index in [9.17, 15) is 14.4 Å². The number of nitrogens with one attached hydrogen (secondary N) is 1. The van der Waals surface area contributed by atoms with Gasteiger partial charge in [0.25, 0.3) is 0 Å². The van der Waals surface area contributed by atoms with Crippen LogP contribution in [-0.2, 0) is 25.5 Å². The molecular weight excluding hydrogens is 612 g/mol. The number of ether oxygens (including phenoxy) is 4. The molecule has 3 heterocycles. The standard InChI is InChI=1S/C37H54N4O7/c1-21(2)32(42)31-25(20-45-7)30-19-41(31)35(43)33(37(4,5)6)40-36(44)48-29-17-22(3)16-23(29)12-10-9-11-13-27-34(47-30)39-28-18-24(46-8)14-15-26(28)38-27/h14-15,18,21-23,25,29-31,33H,9-13,16-17,19-20H2,1-8H3,(H,40,44). The van der Waals surface area contributed by atoms with Crippen molar-refractivity contribution in [3.8, 4) is 11.6 Å². The number of fused-ring (bicyclic) bond motifs is 5. The Balaban J connectivity index is 1.59. The van der Waals surface area contributed by atoms with Gasteiger partial charge < -0.3 is 29.2 Å². The molecule has 7 atom stereocenters. The molecule has 11 heteroatoms. The molecule has 3 aliphatic rings. The molecule has 2 bridgehead atoms. The molecular formula is C37H54N4O7. The maximum absolute atomic E-state index is 14.6. The summed E-state index contributed by atoms with van der Waals surface area (Å²) in [5, 5.41) is 2.93. The zero-order chi connectivity index (χ0) is 34.7. The Bertz CT molecular complexity index is 1470. The third-order valence-electron chi connectivity index (χ3n) is 10.3. The second-order valence-corrected chi connectivity index (χ2v) is 15.4. The first-order chi connectivity index (χ1) is 22.8. The summed E-state index contributed by atoms with van der Waals surface area (Å²) in [6, 6.07) is 3.85. The Labute approximate surface area is 284 Å². The van der Waals surface area contributed by atoms with Crippen molar-refractivity contribution in [1.29, 1.82) is 0 Å². The normalized spacial score (nSPS) is 28.9. The van der Waals surface area contributed by atoms with Gasteiger partial charge in [-0.15, -0.1) is 0 Å². The lowest BCUT2D eigenvalue weighted by Gasteiger charge is -2.36. The van der Waals surface area contributed by atoms with Crippen molar-refractivity contribution in [2.24, 2.45) is 29.1 Å². The van der Waals surface area contributed by atoms with Gasteiger partial charge in [-0.05, 0) is 61.5 Å². The Kier molecular flexibility index (Phi) is 11.2. The number of benzene rings is 1. The van der Waals surface area contributed by atoms with Gasteiger partial charge in [0.1, 0.15) is 29.7 Å². The number of hydrogen-bond donors (Lipinski definition) is 1. The monoisotopic (exact) mass is 666 g/mol. The van der Waals surface area contributed by atoms with Crippen molar-refractivity contribution in [2.45, 2.75) is 111 Å². The number of nitrogens with zero attached hydrogens (tertiary/aromatic N) is 3. The van der Waals surface area contributed by atoms with Gasteiger partial charge in [-0.25, -0.2) is 14.8 Å². The lowest BCUT2D eigenvalue weighted by molar-refractivity contribution is -0.143. The van der Waals surface area contributed by atoms with E-state index in [0.29, 0.717) is 29.5 Å². The quantitative estimate of drug-likeness (QED) is 0.424. The fraction of sp³-hybridized carbons (Fsp3) is 0.703. The molecule has 2 amide bonds. The van der Waals surface area contributed by atoms with Crippen LogP contribution in [0.3, 0.4) is 0 Å². The first-order valence-electron chi connectivity index (χ1n) is 17.6. The Morgan fingerprint density at radius 2 is 1.81 bits per heavy atom. The molecule has 2 fully saturated rings. The third-order valence-corrected chi connectivity index (χ3v) is 10.3. The molecule has 264 valence electrons. The Morgan fingerprint density at radius 3 is 2.50 bits per heavy atom. The molecule has 1 aromatic carbocycles. The second kappa shape index (κ2) is 15.0. The van der Waals surface area contributed by atoms with Crippen LogP contribution in [0.2, 0.25) is 0 Å². The van der Waals surface area contributed by atoms with E-state index >= 15 is 0 Å². The third kappa shape index (κ3) is 7.87. The highest BCUT2D eigenvalue weighted by Gasteiger charge is 2.52. The summed E-state index contributed by atoms with van der Waals surface area (Å²) in [5.74, 6) is 0.522. The minimum absolute atomic E-state index is 0.0880. The molecule has 1 saturated carbocycles. The number of aromatic nitrogens is 2. The summed E-state index contributed by atoms with van der Waals surface area (Å²) in [4.78, 5) is 53.6. The smallest absolute Gasteiger partial charge is 0.408 e. The van der Waals surface area contributed by atoms with Gasteiger partial charge in [-0.3, -0.25) is 9.59 Å². The van der Waals surface area contributed by atoms with Crippen LogP contribution in [0.4, 0.5) is 4.79 Å². The number of Topliss-reactive ketones (excluding diaryl/α,β-unsaturated/α-hetero) is 1. The first kappa shape index (κ1) is 35.8.